The minimum absolute atomic E-state index is 0.282. The first-order valence-corrected chi connectivity index (χ1v) is 3.77. The molecule has 11 heavy (non-hydrogen) atoms. The van der Waals surface area contributed by atoms with Gasteiger partial charge in [-0.05, 0) is 12.8 Å². The highest BCUT2D eigenvalue weighted by Crippen LogP contribution is 2.17. The summed E-state index contributed by atoms with van der Waals surface area (Å²) in [5.41, 5.74) is 1.94. The standard InChI is InChI=1S/C10H15F/c1-5-8(2)9(3)6-7-10(4)11/h2-7H2,1H3. The van der Waals surface area contributed by atoms with E-state index in [1.165, 1.54) is 0 Å². The summed E-state index contributed by atoms with van der Waals surface area (Å²) in [7, 11) is 0. The van der Waals surface area contributed by atoms with Crippen molar-refractivity contribution in [2.24, 2.45) is 0 Å². The van der Waals surface area contributed by atoms with Crippen molar-refractivity contribution < 1.29 is 4.39 Å². The molecule has 0 aromatic rings. The van der Waals surface area contributed by atoms with E-state index in [1.54, 1.807) is 0 Å². The third kappa shape index (κ3) is 4.54. The van der Waals surface area contributed by atoms with Crippen LogP contribution in [0.15, 0.2) is 36.7 Å². The fourth-order valence-corrected chi connectivity index (χ4v) is 0.713. The highest BCUT2D eigenvalue weighted by atomic mass is 19.1. The van der Waals surface area contributed by atoms with Crippen molar-refractivity contribution >= 4 is 0 Å². The monoisotopic (exact) mass is 154 g/mol. The minimum atomic E-state index is -0.282. The zero-order chi connectivity index (χ0) is 8.85. The Labute approximate surface area is 68.1 Å². The van der Waals surface area contributed by atoms with E-state index in [9.17, 15) is 4.39 Å². The Balaban J connectivity index is 3.70. The molecule has 0 saturated heterocycles. The number of allylic oxidation sites excluding steroid dienone is 3. The molecule has 0 nitrogen and oxygen atoms in total. The second-order valence-electron chi connectivity index (χ2n) is 2.58. The Morgan fingerprint density at radius 1 is 1.09 bits per heavy atom. The molecule has 0 aliphatic heterocycles. The van der Waals surface area contributed by atoms with Gasteiger partial charge in [0.25, 0.3) is 0 Å². The van der Waals surface area contributed by atoms with Crippen LogP contribution in [0.2, 0.25) is 0 Å². The fourth-order valence-electron chi connectivity index (χ4n) is 0.713. The summed E-state index contributed by atoms with van der Waals surface area (Å²) in [4.78, 5) is 0. The largest absolute Gasteiger partial charge is 0.212 e. The van der Waals surface area contributed by atoms with Crippen LogP contribution in [-0.4, -0.2) is 0 Å². The Kier molecular flexibility index (Phi) is 4.51. The SMILES string of the molecule is C=C(F)CCC(=C)C(=C)CC. The molecule has 0 aromatic heterocycles. The molecular weight excluding hydrogens is 139 g/mol. The smallest absolute Gasteiger partial charge is 0.0931 e. The van der Waals surface area contributed by atoms with E-state index in [0.29, 0.717) is 12.8 Å². The van der Waals surface area contributed by atoms with Crippen LogP contribution in [0.5, 0.6) is 0 Å². The third-order valence-corrected chi connectivity index (χ3v) is 1.62. The first-order chi connectivity index (χ1) is 5.07. The molecule has 0 rings (SSSR count). The first-order valence-electron chi connectivity index (χ1n) is 3.77. The van der Waals surface area contributed by atoms with Gasteiger partial charge in [-0.1, -0.05) is 37.8 Å². The van der Waals surface area contributed by atoms with Gasteiger partial charge in [0, 0.05) is 6.42 Å². The molecule has 0 bridgehead atoms. The summed E-state index contributed by atoms with van der Waals surface area (Å²) in [5, 5.41) is 0. The van der Waals surface area contributed by atoms with Crippen LogP contribution >= 0.6 is 0 Å². The molecule has 62 valence electrons. The molecule has 0 fully saturated rings. The molecule has 0 amide bonds. The van der Waals surface area contributed by atoms with Gasteiger partial charge in [0.1, 0.15) is 0 Å². The third-order valence-electron chi connectivity index (χ3n) is 1.62. The highest BCUT2D eigenvalue weighted by molar-refractivity contribution is 5.24. The van der Waals surface area contributed by atoms with Crippen LogP contribution in [0.25, 0.3) is 0 Å². The fraction of sp³-hybridized carbons (Fsp3) is 0.400. The molecule has 0 spiro atoms. The van der Waals surface area contributed by atoms with E-state index < -0.39 is 0 Å². The zero-order valence-corrected chi connectivity index (χ0v) is 7.12. The summed E-state index contributed by atoms with van der Waals surface area (Å²) in [6.07, 6.45) is 1.90. The molecule has 0 saturated carbocycles. The van der Waals surface area contributed by atoms with Gasteiger partial charge in [0.15, 0.2) is 0 Å². The molecule has 0 unspecified atom stereocenters. The number of rotatable bonds is 5. The minimum Gasteiger partial charge on any atom is -0.212 e. The highest BCUT2D eigenvalue weighted by Gasteiger charge is 1.98. The van der Waals surface area contributed by atoms with Crippen molar-refractivity contribution in [2.45, 2.75) is 26.2 Å². The topological polar surface area (TPSA) is 0 Å². The number of hydrogen-bond acceptors (Lipinski definition) is 0. The van der Waals surface area contributed by atoms with E-state index in [0.717, 1.165) is 17.6 Å². The van der Waals surface area contributed by atoms with Gasteiger partial charge < -0.3 is 0 Å². The lowest BCUT2D eigenvalue weighted by atomic mass is 10.0. The van der Waals surface area contributed by atoms with E-state index in [4.69, 9.17) is 0 Å². The Morgan fingerprint density at radius 3 is 2.00 bits per heavy atom. The van der Waals surface area contributed by atoms with Crippen molar-refractivity contribution in [1.82, 2.24) is 0 Å². The van der Waals surface area contributed by atoms with Gasteiger partial charge in [-0.25, -0.2) is 4.39 Å². The Bertz CT molecular complexity index is 177. The predicted molar refractivity (Wildman–Crippen MR) is 48.1 cm³/mol. The average molecular weight is 154 g/mol. The van der Waals surface area contributed by atoms with E-state index in [2.05, 4.69) is 19.7 Å². The van der Waals surface area contributed by atoms with Crippen LogP contribution in [0.3, 0.4) is 0 Å². The second-order valence-corrected chi connectivity index (χ2v) is 2.58. The summed E-state index contributed by atoms with van der Waals surface area (Å²) >= 11 is 0. The van der Waals surface area contributed by atoms with Gasteiger partial charge in [-0.2, -0.15) is 0 Å². The number of hydrogen-bond donors (Lipinski definition) is 0. The van der Waals surface area contributed by atoms with Crippen LogP contribution < -0.4 is 0 Å². The second kappa shape index (κ2) is 4.89. The van der Waals surface area contributed by atoms with Gasteiger partial charge in [-0.3, -0.25) is 0 Å². The summed E-state index contributed by atoms with van der Waals surface area (Å²) in [5.74, 6) is -0.282. The van der Waals surface area contributed by atoms with Crippen molar-refractivity contribution in [3.05, 3.63) is 36.7 Å². The molecule has 0 N–H and O–H groups in total. The Hall–Kier alpha value is -0.850. The van der Waals surface area contributed by atoms with E-state index >= 15 is 0 Å². The lowest BCUT2D eigenvalue weighted by molar-refractivity contribution is 0.592. The molecule has 0 heterocycles. The van der Waals surface area contributed by atoms with Gasteiger partial charge in [-0.15, -0.1) is 0 Å². The zero-order valence-electron chi connectivity index (χ0n) is 7.12. The molecule has 0 aromatic carbocycles. The van der Waals surface area contributed by atoms with Gasteiger partial charge in [0.05, 0.1) is 5.83 Å². The van der Waals surface area contributed by atoms with Gasteiger partial charge in [0.2, 0.25) is 0 Å². The maximum Gasteiger partial charge on any atom is 0.0931 e. The molecule has 0 aliphatic carbocycles. The van der Waals surface area contributed by atoms with Crippen molar-refractivity contribution in [3.63, 3.8) is 0 Å². The summed E-state index contributed by atoms with van der Waals surface area (Å²) in [6, 6.07) is 0. The Morgan fingerprint density at radius 2 is 1.64 bits per heavy atom. The van der Waals surface area contributed by atoms with Crippen LogP contribution in [0.1, 0.15) is 26.2 Å². The quantitative estimate of drug-likeness (QED) is 0.529. The summed E-state index contributed by atoms with van der Waals surface area (Å²) < 4.78 is 12.2. The molecule has 1 heteroatoms. The lowest BCUT2D eigenvalue weighted by Gasteiger charge is -2.04. The van der Waals surface area contributed by atoms with E-state index in [-0.39, 0.29) is 5.83 Å². The maximum atomic E-state index is 12.2. The summed E-state index contributed by atoms with van der Waals surface area (Å²) in [6.45, 7) is 12.8. The van der Waals surface area contributed by atoms with Crippen LogP contribution in [-0.2, 0) is 0 Å². The molecular formula is C10H15F. The van der Waals surface area contributed by atoms with Crippen LogP contribution in [0, 0.1) is 0 Å². The molecule has 0 radical (unpaired) electrons. The van der Waals surface area contributed by atoms with Gasteiger partial charge >= 0.3 is 0 Å². The maximum absolute atomic E-state index is 12.2. The predicted octanol–water partition coefficient (Wildman–Crippen LogP) is 3.77. The van der Waals surface area contributed by atoms with Crippen molar-refractivity contribution in [1.29, 1.82) is 0 Å². The molecule has 0 atom stereocenters. The normalized spacial score (nSPS) is 9.27. The number of halogens is 1. The average Bonchev–Trinajstić information content (AvgIpc) is 1.98. The molecule has 0 aliphatic rings. The van der Waals surface area contributed by atoms with Crippen molar-refractivity contribution in [3.8, 4) is 0 Å². The first kappa shape index (κ1) is 10.2. The van der Waals surface area contributed by atoms with E-state index in [1.807, 2.05) is 6.92 Å². The lowest BCUT2D eigenvalue weighted by Crippen LogP contribution is -1.85. The van der Waals surface area contributed by atoms with Crippen LogP contribution in [0.4, 0.5) is 4.39 Å². The van der Waals surface area contributed by atoms with Crippen molar-refractivity contribution in [2.75, 3.05) is 0 Å².